The molecule has 7 heteroatoms. The third kappa shape index (κ3) is 8.13. The second kappa shape index (κ2) is 12.9. The molecule has 1 aromatic heterocycles. The molecule has 0 aromatic carbocycles. The third-order valence-electron chi connectivity index (χ3n) is 4.12. The maximum atomic E-state index is 5.07. The first-order valence-electron chi connectivity index (χ1n) is 8.57. The molecule has 1 fully saturated rings. The van der Waals surface area contributed by atoms with E-state index in [9.17, 15) is 0 Å². The fourth-order valence-electron chi connectivity index (χ4n) is 2.78. The first-order valence-corrected chi connectivity index (χ1v) is 9.45. The van der Waals surface area contributed by atoms with Gasteiger partial charge in [-0.05, 0) is 50.2 Å². The van der Waals surface area contributed by atoms with Crippen molar-refractivity contribution in [1.82, 2.24) is 15.5 Å². The van der Waals surface area contributed by atoms with Crippen LogP contribution in [0, 0.1) is 5.92 Å². The van der Waals surface area contributed by atoms with Crippen LogP contribution in [0.15, 0.2) is 22.5 Å². The SMILES string of the molecule is CCNC(=NCC1CCN(Cc2cccs2)CC1)NCCOC.I. The zero-order valence-electron chi connectivity index (χ0n) is 14.8. The van der Waals surface area contributed by atoms with Crippen molar-refractivity contribution in [2.45, 2.75) is 26.3 Å². The molecule has 0 spiro atoms. The van der Waals surface area contributed by atoms with E-state index in [-0.39, 0.29) is 24.0 Å². The van der Waals surface area contributed by atoms with Crippen LogP contribution in [-0.4, -0.2) is 57.3 Å². The monoisotopic (exact) mass is 466 g/mol. The van der Waals surface area contributed by atoms with Crippen molar-refractivity contribution in [2.24, 2.45) is 10.9 Å². The predicted octanol–water partition coefficient (Wildman–Crippen LogP) is 2.78. The Kier molecular flexibility index (Phi) is 11.7. The molecule has 0 saturated carbocycles. The summed E-state index contributed by atoms with van der Waals surface area (Å²) in [4.78, 5) is 8.77. The molecule has 1 saturated heterocycles. The van der Waals surface area contributed by atoms with Crippen molar-refractivity contribution in [3.05, 3.63) is 22.4 Å². The molecule has 2 heterocycles. The van der Waals surface area contributed by atoms with Gasteiger partial charge in [0, 0.05) is 38.2 Å². The van der Waals surface area contributed by atoms with Crippen LogP contribution in [-0.2, 0) is 11.3 Å². The number of ether oxygens (including phenoxy) is 1. The number of aliphatic imine (C=N–C) groups is 1. The van der Waals surface area contributed by atoms with Crippen molar-refractivity contribution >= 4 is 41.3 Å². The summed E-state index contributed by atoms with van der Waals surface area (Å²) in [6, 6.07) is 4.37. The largest absolute Gasteiger partial charge is 0.383 e. The van der Waals surface area contributed by atoms with Crippen molar-refractivity contribution in [3.8, 4) is 0 Å². The lowest BCUT2D eigenvalue weighted by Gasteiger charge is -2.31. The molecule has 0 aliphatic carbocycles. The summed E-state index contributed by atoms with van der Waals surface area (Å²) in [6.07, 6.45) is 2.48. The van der Waals surface area contributed by atoms with E-state index in [0.717, 1.165) is 32.1 Å². The number of halogens is 1. The average Bonchev–Trinajstić information content (AvgIpc) is 3.07. The van der Waals surface area contributed by atoms with E-state index in [1.165, 1.54) is 30.8 Å². The van der Waals surface area contributed by atoms with Crippen molar-refractivity contribution < 1.29 is 4.74 Å². The van der Waals surface area contributed by atoms with Crippen LogP contribution in [0.25, 0.3) is 0 Å². The molecule has 0 radical (unpaired) electrons. The summed E-state index contributed by atoms with van der Waals surface area (Å²) in [6.45, 7) is 8.86. The summed E-state index contributed by atoms with van der Waals surface area (Å²) in [5.74, 6) is 1.61. The van der Waals surface area contributed by atoms with Gasteiger partial charge in [-0.1, -0.05) is 6.07 Å². The molecule has 1 aliphatic heterocycles. The highest BCUT2D eigenvalue weighted by molar-refractivity contribution is 14.0. The van der Waals surface area contributed by atoms with Crippen LogP contribution in [0.2, 0.25) is 0 Å². The molecular formula is C17H31IN4OS. The van der Waals surface area contributed by atoms with Gasteiger partial charge in [0.1, 0.15) is 0 Å². The van der Waals surface area contributed by atoms with E-state index in [1.807, 2.05) is 11.3 Å². The van der Waals surface area contributed by atoms with Gasteiger partial charge >= 0.3 is 0 Å². The number of rotatable bonds is 8. The lowest BCUT2D eigenvalue weighted by Crippen LogP contribution is -2.40. The van der Waals surface area contributed by atoms with Crippen molar-refractivity contribution in [1.29, 1.82) is 0 Å². The number of guanidine groups is 1. The average molecular weight is 466 g/mol. The fourth-order valence-corrected chi connectivity index (χ4v) is 3.53. The molecule has 2 rings (SSSR count). The minimum absolute atomic E-state index is 0. The summed E-state index contributed by atoms with van der Waals surface area (Å²) < 4.78 is 5.07. The second-order valence-corrected chi connectivity index (χ2v) is 6.97. The van der Waals surface area contributed by atoms with E-state index in [0.29, 0.717) is 12.5 Å². The molecule has 2 N–H and O–H groups in total. The zero-order chi connectivity index (χ0) is 16.3. The predicted molar refractivity (Wildman–Crippen MR) is 114 cm³/mol. The van der Waals surface area contributed by atoms with Gasteiger partial charge in [-0.15, -0.1) is 35.3 Å². The molecule has 0 unspecified atom stereocenters. The quantitative estimate of drug-likeness (QED) is 0.268. The highest BCUT2D eigenvalue weighted by Gasteiger charge is 2.19. The number of likely N-dealkylation sites (tertiary alicyclic amines) is 1. The van der Waals surface area contributed by atoms with Crippen molar-refractivity contribution in [2.75, 3.05) is 46.4 Å². The molecule has 0 bridgehead atoms. The summed E-state index contributed by atoms with van der Waals surface area (Å²) in [5, 5.41) is 8.76. The summed E-state index contributed by atoms with van der Waals surface area (Å²) in [7, 11) is 1.72. The zero-order valence-corrected chi connectivity index (χ0v) is 17.9. The van der Waals surface area contributed by atoms with Crippen LogP contribution in [0.1, 0.15) is 24.6 Å². The second-order valence-electron chi connectivity index (χ2n) is 5.94. The van der Waals surface area contributed by atoms with Gasteiger partial charge in [0.2, 0.25) is 0 Å². The van der Waals surface area contributed by atoms with Crippen LogP contribution >= 0.6 is 35.3 Å². The Morgan fingerprint density at radius 1 is 1.38 bits per heavy atom. The number of methoxy groups -OCH3 is 1. The Morgan fingerprint density at radius 2 is 2.17 bits per heavy atom. The Hall–Kier alpha value is -0.380. The Labute approximate surface area is 167 Å². The molecule has 1 aliphatic rings. The fraction of sp³-hybridized carbons (Fsp3) is 0.706. The standard InChI is InChI=1S/C17H30N4OS.HI/c1-3-18-17(19-8-11-22-2)20-13-15-6-9-21(10-7-15)14-16-5-4-12-23-16;/h4-5,12,15H,3,6-11,13-14H2,1-2H3,(H2,18,19,20);1H. The maximum Gasteiger partial charge on any atom is 0.191 e. The van der Waals surface area contributed by atoms with Gasteiger partial charge in [0.05, 0.1) is 6.61 Å². The molecule has 24 heavy (non-hydrogen) atoms. The van der Waals surface area contributed by atoms with E-state index in [1.54, 1.807) is 7.11 Å². The van der Waals surface area contributed by atoms with Crippen LogP contribution < -0.4 is 10.6 Å². The number of nitrogens with zero attached hydrogens (tertiary/aromatic N) is 2. The molecule has 5 nitrogen and oxygen atoms in total. The lowest BCUT2D eigenvalue weighted by atomic mass is 9.97. The number of hydrogen-bond donors (Lipinski definition) is 2. The Balaban J connectivity index is 0.00000288. The minimum atomic E-state index is 0. The van der Waals surface area contributed by atoms with Gasteiger partial charge in [0.15, 0.2) is 5.96 Å². The molecule has 1 aromatic rings. The topological polar surface area (TPSA) is 48.9 Å². The molecular weight excluding hydrogens is 435 g/mol. The van der Waals surface area contributed by atoms with Gasteiger partial charge in [-0.3, -0.25) is 9.89 Å². The van der Waals surface area contributed by atoms with Crippen LogP contribution in [0.5, 0.6) is 0 Å². The Bertz CT molecular complexity index is 447. The van der Waals surface area contributed by atoms with Crippen LogP contribution in [0.3, 0.4) is 0 Å². The summed E-state index contributed by atoms with van der Waals surface area (Å²) in [5.41, 5.74) is 0. The highest BCUT2D eigenvalue weighted by Crippen LogP contribution is 2.20. The number of thiophene rings is 1. The molecule has 138 valence electrons. The first kappa shape index (κ1) is 21.7. The van der Waals surface area contributed by atoms with Gasteiger partial charge in [-0.2, -0.15) is 0 Å². The normalized spacial score (nSPS) is 16.7. The van der Waals surface area contributed by atoms with Crippen LogP contribution in [0.4, 0.5) is 0 Å². The van der Waals surface area contributed by atoms with E-state index < -0.39 is 0 Å². The maximum absolute atomic E-state index is 5.07. The smallest absolute Gasteiger partial charge is 0.191 e. The molecule has 0 amide bonds. The van der Waals surface area contributed by atoms with E-state index >= 15 is 0 Å². The minimum Gasteiger partial charge on any atom is -0.383 e. The highest BCUT2D eigenvalue weighted by atomic mass is 127. The lowest BCUT2D eigenvalue weighted by molar-refractivity contribution is 0.182. The van der Waals surface area contributed by atoms with E-state index in [2.05, 4.69) is 40.0 Å². The van der Waals surface area contributed by atoms with Gasteiger partial charge in [-0.25, -0.2) is 0 Å². The first-order chi connectivity index (χ1) is 11.3. The van der Waals surface area contributed by atoms with Crippen molar-refractivity contribution in [3.63, 3.8) is 0 Å². The number of hydrogen-bond acceptors (Lipinski definition) is 4. The number of piperidine rings is 1. The van der Waals surface area contributed by atoms with Gasteiger partial charge < -0.3 is 15.4 Å². The Morgan fingerprint density at radius 3 is 2.79 bits per heavy atom. The third-order valence-corrected chi connectivity index (χ3v) is 4.98. The molecule has 0 atom stereocenters. The van der Waals surface area contributed by atoms with E-state index in [4.69, 9.17) is 9.73 Å². The summed E-state index contributed by atoms with van der Waals surface area (Å²) >= 11 is 1.86. The number of nitrogens with one attached hydrogen (secondary N) is 2. The van der Waals surface area contributed by atoms with Gasteiger partial charge in [0.25, 0.3) is 0 Å².